The molecule has 6 nitrogen and oxygen atoms in total. The lowest BCUT2D eigenvalue weighted by Crippen LogP contribution is -2.14. The second kappa shape index (κ2) is 8.83. The molecule has 0 bridgehead atoms. The van der Waals surface area contributed by atoms with Crippen LogP contribution in [0, 0.1) is 0 Å². The molecule has 0 atom stereocenters. The van der Waals surface area contributed by atoms with Crippen LogP contribution in [-0.4, -0.2) is 19.8 Å². The van der Waals surface area contributed by atoms with Gasteiger partial charge >= 0.3 is 0 Å². The number of ether oxygens (including phenoxy) is 4. The van der Waals surface area contributed by atoms with Crippen molar-refractivity contribution in [3.8, 4) is 23.0 Å². The third-order valence-electron chi connectivity index (χ3n) is 5.25. The summed E-state index contributed by atoms with van der Waals surface area (Å²) in [6.07, 6.45) is 0. The molecule has 0 saturated heterocycles. The van der Waals surface area contributed by atoms with Crippen LogP contribution in [0.2, 0.25) is 0 Å². The maximum absolute atomic E-state index is 12.9. The first-order valence-electron chi connectivity index (χ1n) is 10.5. The molecule has 4 rings (SSSR count). The van der Waals surface area contributed by atoms with Crippen LogP contribution in [0.4, 0.5) is 5.69 Å². The monoisotopic (exact) mass is 433 g/mol. The number of carbonyl (C=O) groups excluding carboxylic acids is 1. The highest BCUT2D eigenvalue weighted by atomic mass is 16.7. The maximum Gasteiger partial charge on any atom is 0.255 e. The molecular weight excluding hydrogens is 406 g/mol. The van der Waals surface area contributed by atoms with Crippen molar-refractivity contribution in [3.05, 3.63) is 77.4 Å². The van der Waals surface area contributed by atoms with E-state index in [0.29, 0.717) is 28.5 Å². The number of anilines is 1. The zero-order chi connectivity index (χ0) is 22.7. The Morgan fingerprint density at radius 1 is 0.969 bits per heavy atom. The van der Waals surface area contributed by atoms with Crippen molar-refractivity contribution in [1.29, 1.82) is 0 Å². The topological polar surface area (TPSA) is 66.0 Å². The molecule has 3 aromatic rings. The molecule has 0 radical (unpaired) electrons. The normalized spacial score (nSPS) is 12.4. The highest BCUT2D eigenvalue weighted by molar-refractivity contribution is 6.04. The molecule has 0 unspecified atom stereocenters. The molecule has 0 aromatic heterocycles. The van der Waals surface area contributed by atoms with Crippen molar-refractivity contribution >= 4 is 11.6 Å². The fourth-order valence-corrected chi connectivity index (χ4v) is 3.58. The summed E-state index contributed by atoms with van der Waals surface area (Å²) in [7, 11) is 1.61. The van der Waals surface area contributed by atoms with Gasteiger partial charge in [0, 0.05) is 22.9 Å². The summed E-state index contributed by atoms with van der Waals surface area (Å²) in [6, 6.07) is 18.6. The van der Waals surface area contributed by atoms with Crippen molar-refractivity contribution in [2.24, 2.45) is 0 Å². The zero-order valence-corrected chi connectivity index (χ0v) is 18.7. The van der Waals surface area contributed by atoms with Crippen molar-refractivity contribution in [2.75, 3.05) is 19.2 Å². The van der Waals surface area contributed by atoms with Crippen LogP contribution >= 0.6 is 0 Å². The number of amides is 1. The average molecular weight is 434 g/mol. The van der Waals surface area contributed by atoms with Gasteiger partial charge in [-0.3, -0.25) is 4.79 Å². The molecule has 32 heavy (non-hydrogen) atoms. The van der Waals surface area contributed by atoms with Gasteiger partial charge in [0.25, 0.3) is 5.91 Å². The van der Waals surface area contributed by atoms with Crippen LogP contribution in [0.3, 0.4) is 0 Å². The summed E-state index contributed by atoms with van der Waals surface area (Å²) in [5.41, 5.74) is 3.00. The smallest absolute Gasteiger partial charge is 0.255 e. The molecule has 1 aliphatic rings. The van der Waals surface area contributed by atoms with E-state index in [-0.39, 0.29) is 24.7 Å². The molecule has 0 saturated carbocycles. The number of hydrogen-bond donors (Lipinski definition) is 1. The zero-order valence-electron chi connectivity index (χ0n) is 18.7. The van der Waals surface area contributed by atoms with Gasteiger partial charge in [0.15, 0.2) is 11.5 Å². The van der Waals surface area contributed by atoms with Crippen molar-refractivity contribution in [2.45, 2.75) is 32.8 Å². The Morgan fingerprint density at radius 3 is 2.53 bits per heavy atom. The molecule has 0 spiro atoms. The predicted molar refractivity (Wildman–Crippen MR) is 123 cm³/mol. The van der Waals surface area contributed by atoms with Crippen molar-refractivity contribution < 1.29 is 23.7 Å². The summed E-state index contributed by atoms with van der Waals surface area (Å²) in [5, 5.41) is 2.90. The van der Waals surface area contributed by atoms with E-state index in [0.717, 1.165) is 16.9 Å². The maximum atomic E-state index is 12.9. The van der Waals surface area contributed by atoms with Crippen LogP contribution in [-0.2, 0) is 12.0 Å². The largest absolute Gasteiger partial charge is 0.496 e. The Morgan fingerprint density at radius 2 is 1.75 bits per heavy atom. The number of carbonyl (C=O) groups is 1. The molecule has 166 valence electrons. The Kier molecular flexibility index (Phi) is 5.95. The molecule has 6 heteroatoms. The van der Waals surface area contributed by atoms with Gasteiger partial charge in [-0.15, -0.1) is 0 Å². The van der Waals surface area contributed by atoms with Gasteiger partial charge in [-0.1, -0.05) is 39.0 Å². The van der Waals surface area contributed by atoms with E-state index in [2.05, 4.69) is 32.2 Å². The van der Waals surface area contributed by atoms with E-state index in [4.69, 9.17) is 18.9 Å². The fourth-order valence-electron chi connectivity index (χ4n) is 3.58. The Labute approximate surface area is 188 Å². The number of hydrogen-bond acceptors (Lipinski definition) is 5. The molecule has 1 N–H and O–H groups in total. The molecule has 0 fully saturated rings. The molecule has 3 aromatic carbocycles. The van der Waals surface area contributed by atoms with Crippen LogP contribution in [0.5, 0.6) is 23.0 Å². The number of benzene rings is 3. The van der Waals surface area contributed by atoms with Gasteiger partial charge in [-0.25, -0.2) is 0 Å². The number of nitrogens with one attached hydrogen (secondary N) is 1. The van der Waals surface area contributed by atoms with Crippen LogP contribution in [0.15, 0.2) is 60.7 Å². The molecular formula is C26H27NO5. The lowest BCUT2D eigenvalue weighted by Gasteiger charge is -2.23. The first kappa shape index (κ1) is 21.6. The second-order valence-corrected chi connectivity index (χ2v) is 8.58. The van der Waals surface area contributed by atoms with E-state index in [1.807, 2.05) is 18.2 Å². The number of fused-ring (bicyclic) bond motifs is 1. The van der Waals surface area contributed by atoms with Crippen LogP contribution < -0.4 is 24.3 Å². The third kappa shape index (κ3) is 4.64. The number of para-hydroxylation sites is 1. The van der Waals surface area contributed by atoms with E-state index >= 15 is 0 Å². The van der Waals surface area contributed by atoms with Gasteiger partial charge in [0.05, 0.1) is 7.11 Å². The summed E-state index contributed by atoms with van der Waals surface area (Å²) in [4.78, 5) is 12.9. The highest BCUT2D eigenvalue weighted by Crippen LogP contribution is 2.35. The number of rotatable bonds is 6. The van der Waals surface area contributed by atoms with Crippen molar-refractivity contribution in [1.82, 2.24) is 0 Å². The predicted octanol–water partition coefficient (Wildman–Crippen LogP) is 5.55. The van der Waals surface area contributed by atoms with Gasteiger partial charge in [-0.2, -0.15) is 0 Å². The number of methoxy groups -OCH3 is 1. The Balaban J connectivity index is 1.52. The van der Waals surface area contributed by atoms with Gasteiger partial charge in [-0.05, 0) is 47.4 Å². The average Bonchev–Trinajstić information content (AvgIpc) is 3.25. The summed E-state index contributed by atoms with van der Waals surface area (Å²) in [5.74, 6) is 2.53. The van der Waals surface area contributed by atoms with E-state index in [9.17, 15) is 4.79 Å². The highest BCUT2D eigenvalue weighted by Gasteiger charge is 2.19. The Bertz CT molecular complexity index is 1130. The third-order valence-corrected chi connectivity index (χ3v) is 5.25. The summed E-state index contributed by atoms with van der Waals surface area (Å²) in [6.45, 7) is 6.92. The molecule has 1 aliphatic heterocycles. The minimum Gasteiger partial charge on any atom is -0.496 e. The van der Waals surface area contributed by atoms with Crippen LogP contribution in [0.1, 0.15) is 42.3 Å². The van der Waals surface area contributed by atoms with Crippen molar-refractivity contribution in [3.63, 3.8) is 0 Å². The minimum atomic E-state index is -0.233. The van der Waals surface area contributed by atoms with Crippen LogP contribution in [0.25, 0.3) is 0 Å². The Hall–Kier alpha value is -3.67. The molecule has 0 aliphatic carbocycles. The van der Waals surface area contributed by atoms with E-state index < -0.39 is 0 Å². The molecule has 1 heterocycles. The first-order valence-corrected chi connectivity index (χ1v) is 10.5. The minimum absolute atomic E-state index is 0.0486. The lowest BCUT2D eigenvalue weighted by molar-refractivity contribution is 0.102. The van der Waals surface area contributed by atoms with Gasteiger partial charge < -0.3 is 24.3 Å². The quantitative estimate of drug-likeness (QED) is 0.552. The SMILES string of the molecule is COc1ccc(C(=O)Nc2ccc3c(c2)OCO3)cc1COc1ccccc1C(C)(C)C. The first-order chi connectivity index (χ1) is 15.3. The fraction of sp³-hybridized carbons (Fsp3) is 0.269. The standard InChI is InChI=1S/C26H27NO5/c1-26(2,3)20-7-5-6-8-22(20)30-15-18-13-17(9-11-21(18)29-4)25(28)27-19-10-12-23-24(14-19)32-16-31-23/h5-14H,15-16H2,1-4H3,(H,27,28). The van der Waals surface area contributed by atoms with E-state index in [1.165, 1.54) is 0 Å². The van der Waals surface area contributed by atoms with Gasteiger partial charge in [0.2, 0.25) is 6.79 Å². The summed E-state index contributed by atoms with van der Waals surface area (Å²) < 4.78 is 22.3. The molecule has 1 amide bonds. The van der Waals surface area contributed by atoms with Gasteiger partial charge in [0.1, 0.15) is 18.1 Å². The summed E-state index contributed by atoms with van der Waals surface area (Å²) >= 11 is 0. The lowest BCUT2D eigenvalue weighted by atomic mass is 9.86. The second-order valence-electron chi connectivity index (χ2n) is 8.58. The van der Waals surface area contributed by atoms with E-state index in [1.54, 1.807) is 43.5 Å².